The van der Waals surface area contributed by atoms with E-state index in [9.17, 15) is 9.50 Å². The first-order chi connectivity index (χ1) is 9.56. The number of benzene rings is 2. The Morgan fingerprint density at radius 1 is 1.20 bits per heavy atom. The molecular weight excluding hydrogens is 347 g/mol. The van der Waals surface area contributed by atoms with Crippen molar-refractivity contribution < 1.29 is 13.9 Å². The van der Waals surface area contributed by atoms with Gasteiger partial charge in [0.05, 0.1) is 4.47 Å². The lowest BCUT2D eigenvalue weighted by atomic mass is 10.1. The quantitative estimate of drug-likeness (QED) is 0.696. The van der Waals surface area contributed by atoms with E-state index in [4.69, 9.17) is 16.0 Å². The predicted octanol–water partition coefficient (Wildman–Crippen LogP) is 5.07. The van der Waals surface area contributed by atoms with E-state index in [-0.39, 0.29) is 11.3 Å². The summed E-state index contributed by atoms with van der Waals surface area (Å²) in [5.41, 5.74) is 0.753. The number of furan rings is 1. The zero-order valence-electron chi connectivity index (χ0n) is 10.1. The first-order valence-corrected chi connectivity index (χ1v) is 7.04. The minimum atomic E-state index is -1.17. The molecule has 5 heteroatoms. The monoisotopic (exact) mass is 354 g/mol. The van der Waals surface area contributed by atoms with E-state index in [1.807, 2.05) is 0 Å². The third-order valence-electron chi connectivity index (χ3n) is 3.04. The number of aliphatic hydroxyl groups excluding tert-OH is 1. The summed E-state index contributed by atoms with van der Waals surface area (Å²) in [5, 5.41) is 11.6. The van der Waals surface area contributed by atoms with E-state index in [0.717, 1.165) is 5.39 Å². The number of fused-ring (bicyclic) bond motifs is 1. The summed E-state index contributed by atoms with van der Waals surface area (Å²) in [6.07, 6.45) is -1.17. The Morgan fingerprint density at radius 2 is 2.00 bits per heavy atom. The normalized spacial score (nSPS) is 12.8. The van der Waals surface area contributed by atoms with Crippen molar-refractivity contribution >= 4 is 38.5 Å². The number of aliphatic hydroxyl groups is 1. The zero-order chi connectivity index (χ0) is 14.3. The molecule has 0 saturated heterocycles. The average molecular weight is 356 g/mol. The fourth-order valence-corrected chi connectivity index (χ4v) is 2.62. The summed E-state index contributed by atoms with van der Waals surface area (Å²) in [7, 11) is 0. The molecule has 0 aliphatic heterocycles. The third-order valence-corrected chi connectivity index (χ3v) is 3.89. The second-order valence-corrected chi connectivity index (χ2v) is 5.67. The molecule has 0 aliphatic carbocycles. The van der Waals surface area contributed by atoms with E-state index in [2.05, 4.69) is 15.9 Å². The van der Waals surface area contributed by atoms with Gasteiger partial charge in [-0.3, -0.25) is 0 Å². The van der Waals surface area contributed by atoms with Gasteiger partial charge in [0.1, 0.15) is 23.3 Å². The summed E-state index contributed by atoms with van der Waals surface area (Å²) in [5.74, 6) is -0.224. The summed E-state index contributed by atoms with van der Waals surface area (Å²) in [6, 6.07) is 11.6. The second kappa shape index (κ2) is 5.20. The molecule has 1 aromatic heterocycles. The Balaban J connectivity index is 2.08. The number of hydrogen-bond acceptors (Lipinski definition) is 2. The van der Waals surface area contributed by atoms with E-state index in [1.165, 1.54) is 6.07 Å². The molecule has 0 amide bonds. The van der Waals surface area contributed by atoms with Gasteiger partial charge in [-0.25, -0.2) is 4.39 Å². The Morgan fingerprint density at radius 3 is 2.80 bits per heavy atom. The summed E-state index contributed by atoms with van der Waals surface area (Å²) in [6.45, 7) is 0. The molecule has 2 aromatic carbocycles. The van der Waals surface area contributed by atoms with Gasteiger partial charge in [-0.1, -0.05) is 23.7 Å². The highest BCUT2D eigenvalue weighted by molar-refractivity contribution is 9.10. The van der Waals surface area contributed by atoms with Gasteiger partial charge in [0.2, 0.25) is 0 Å². The largest absolute Gasteiger partial charge is 0.458 e. The fraction of sp³-hybridized carbons (Fsp3) is 0.0667. The Bertz CT molecular complexity index is 785. The Hall–Kier alpha value is -1.36. The second-order valence-electron chi connectivity index (χ2n) is 4.38. The van der Waals surface area contributed by atoms with Gasteiger partial charge < -0.3 is 9.52 Å². The summed E-state index contributed by atoms with van der Waals surface area (Å²) < 4.78 is 19.8. The highest BCUT2D eigenvalue weighted by Gasteiger charge is 2.20. The molecule has 20 heavy (non-hydrogen) atoms. The summed E-state index contributed by atoms with van der Waals surface area (Å²) >= 11 is 9.00. The highest BCUT2D eigenvalue weighted by atomic mass is 79.9. The van der Waals surface area contributed by atoms with Gasteiger partial charge in [0, 0.05) is 16.0 Å². The van der Waals surface area contributed by atoms with Crippen molar-refractivity contribution in [1.29, 1.82) is 0 Å². The molecule has 1 unspecified atom stereocenters. The van der Waals surface area contributed by atoms with Crippen LogP contribution in [0.5, 0.6) is 0 Å². The van der Waals surface area contributed by atoms with E-state index < -0.39 is 11.9 Å². The number of rotatable bonds is 2. The molecule has 0 spiro atoms. The van der Waals surface area contributed by atoms with Gasteiger partial charge in [-0.05, 0) is 46.3 Å². The van der Waals surface area contributed by atoms with Gasteiger partial charge in [-0.15, -0.1) is 0 Å². The van der Waals surface area contributed by atoms with Gasteiger partial charge >= 0.3 is 0 Å². The van der Waals surface area contributed by atoms with Crippen LogP contribution in [0.4, 0.5) is 4.39 Å². The van der Waals surface area contributed by atoms with Crippen molar-refractivity contribution in [2.45, 2.75) is 6.10 Å². The minimum absolute atomic E-state index is 0.157. The highest BCUT2D eigenvalue weighted by Crippen LogP contribution is 2.32. The Kier molecular flexibility index (Phi) is 3.54. The first kappa shape index (κ1) is 13.6. The number of halogens is 3. The molecule has 0 saturated carbocycles. The third kappa shape index (κ3) is 2.35. The van der Waals surface area contributed by atoms with Gasteiger partial charge in [-0.2, -0.15) is 0 Å². The maximum atomic E-state index is 14.0. The lowest BCUT2D eigenvalue weighted by Crippen LogP contribution is -2.01. The number of hydrogen-bond donors (Lipinski definition) is 1. The maximum absolute atomic E-state index is 14.0. The van der Waals surface area contributed by atoms with E-state index in [1.54, 1.807) is 36.4 Å². The first-order valence-electron chi connectivity index (χ1n) is 5.87. The molecule has 0 radical (unpaired) electrons. The van der Waals surface area contributed by atoms with Crippen LogP contribution in [0.3, 0.4) is 0 Å². The Labute approximate surface area is 127 Å². The van der Waals surface area contributed by atoms with E-state index >= 15 is 0 Å². The van der Waals surface area contributed by atoms with Crippen LogP contribution in [0.15, 0.2) is 51.4 Å². The average Bonchev–Trinajstić information content (AvgIpc) is 2.84. The van der Waals surface area contributed by atoms with Crippen molar-refractivity contribution in [3.05, 3.63) is 69.1 Å². The molecule has 1 heterocycles. The van der Waals surface area contributed by atoms with Crippen molar-refractivity contribution in [3.63, 3.8) is 0 Å². The van der Waals surface area contributed by atoms with Crippen molar-refractivity contribution in [2.75, 3.05) is 0 Å². The topological polar surface area (TPSA) is 33.4 Å². The van der Waals surface area contributed by atoms with Crippen LogP contribution in [-0.4, -0.2) is 5.11 Å². The van der Waals surface area contributed by atoms with Crippen LogP contribution in [0, 0.1) is 5.82 Å². The molecule has 3 rings (SSSR count). The molecule has 0 bridgehead atoms. The van der Waals surface area contributed by atoms with Crippen molar-refractivity contribution in [2.24, 2.45) is 0 Å². The van der Waals surface area contributed by atoms with Crippen LogP contribution >= 0.6 is 27.5 Å². The van der Waals surface area contributed by atoms with Crippen LogP contribution < -0.4 is 0 Å². The maximum Gasteiger partial charge on any atom is 0.143 e. The molecule has 102 valence electrons. The van der Waals surface area contributed by atoms with Crippen molar-refractivity contribution in [3.8, 4) is 0 Å². The molecule has 2 nitrogen and oxygen atoms in total. The molecule has 0 aliphatic rings. The van der Waals surface area contributed by atoms with Gasteiger partial charge in [0.15, 0.2) is 0 Å². The summed E-state index contributed by atoms with van der Waals surface area (Å²) in [4.78, 5) is 0. The standard InChI is InChI=1S/C15H9BrClFO2/c16-11-3-1-2-10(14(11)18)15(19)13-7-8-6-9(17)4-5-12(8)20-13/h1-7,15,19H. The zero-order valence-corrected chi connectivity index (χ0v) is 12.5. The van der Waals surface area contributed by atoms with E-state index in [0.29, 0.717) is 15.1 Å². The fourth-order valence-electron chi connectivity index (χ4n) is 2.05. The SMILES string of the molecule is OC(c1cc2cc(Cl)ccc2o1)c1cccc(Br)c1F. The van der Waals surface area contributed by atoms with Gasteiger partial charge in [0.25, 0.3) is 0 Å². The molecule has 1 atom stereocenters. The minimum Gasteiger partial charge on any atom is -0.458 e. The lowest BCUT2D eigenvalue weighted by molar-refractivity contribution is 0.187. The predicted molar refractivity (Wildman–Crippen MR) is 79.4 cm³/mol. The molecule has 3 aromatic rings. The van der Waals surface area contributed by atoms with Crippen LogP contribution in [0.2, 0.25) is 5.02 Å². The van der Waals surface area contributed by atoms with Crippen molar-refractivity contribution in [1.82, 2.24) is 0 Å². The lowest BCUT2D eigenvalue weighted by Gasteiger charge is -2.09. The molecule has 0 fully saturated rings. The smallest absolute Gasteiger partial charge is 0.143 e. The van der Waals surface area contributed by atoms with Crippen LogP contribution in [-0.2, 0) is 0 Å². The molecular formula is C15H9BrClFO2. The van der Waals surface area contributed by atoms with Crippen LogP contribution in [0.25, 0.3) is 11.0 Å². The molecule has 1 N–H and O–H groups in total. The van der Waals surface area contributed by atoms with Crippen LogP contribution in [0.1, 0.15) is 17.4 Å².